The fourth-order valence-corrected chi connectivity index (χ4v) is 2.11. The lowest BCUT2D eigenvalue weighted by molar-refractivity contribution is -0.113. The summed E-state index contributed by atoms with van der Waals surface area (Å²) in [6.07, 6.45) is 0. The third-order valence-electron chi connectivity index (χ3n) is 2.25. The second-order valence-corrected chi connectivity index (χ2v) is 5.41. The van der Waals surface area contributed by atoms with E-state index in [1.54, 1.807) is 31.2 Å². The fraction of sp³-hybridized carbons (Fsp3) is 0.250. The maximum atomic E-state index is 11.7. The van der Waals surface area contributed by atoms with Gasteiger partial charge in [0.1, 0.15) is 0 Å². The van der Waals surface area contributed by atoms with Crippen LogP contribution in [0.25, 0.3) is 0 Å². The van der Waals surface area contributed by atoms with Gasteiger partial charge in [0.25, 0.3) is 5.22 Å². The number of nitrogens with one attached hydrogen (secondary N) is 1. The molecule has 3 N–H and O–H groups in total. The number of nitrogens with zero attached hydrogens (tertiary/aromatic N) is 2. The first kappa shape index (κ1) is 14.8. The molecule has 2 aromatic rings. The van der Waals surface area contributed by atoms with Crippen molar-refractivity contribution in [1.82, 2.24) is 10.2 Å². The molecular weight excluding hydrogens is 300 g/mol. The third kappa shape index (κ3) is 4.22. The molecule has 8 heteroatoms. The summed E-state index contributed by atoms with van der Waals surface area (Å²) in [5.41, 5.74) is 6.25. The Bertz CT molecular complexity index is 603. The van der Waals surface area contributed by atoms with Crippen molar-refractivity contribution >= 4 is 35.0 Å². The Balaban J connectivity index is 1.85. The third-order valence-corrected chi connectivity index (χ3v) is 3.30. The molecular formula is C12H13ClN4O2S. The van der Waals surface area contributed by atoms with Crippen LogP contribution < -0.4 is 11.1 Å². The van der Waals surface area contributed by atoms with E-state index in [0.29, 0.717) is 21.8 Å². The number of rotatable bonds is 5. The highest BCUT2D eigenvalue weighted by Gasteiger charge is 2.12. The van der Waals surface area contributed by atoms with Crippen LogP contribution in [-0.2, 0) is 4.79 Å². The summed E-state index contributed by atoms with van der Waals surface area (Å²) in [4.78, 5) is 11.7. The Morgan fingerprint density at radius 2 is 2.35 bits per heavy atom. The summed E-state index contributed by atoms with van der Waals surface area (Å²) < 4.78 is 5.28. The highest BCUT2D eigenvalue weighted by molar-refractivity contribution is 7.99. The molecule has 0 aliphatic carbocycles. The van der Waals surface area contributed by atoms with Crippen LogP contribution in [0.15, 0.2) is 33.9 Å². The van der Waals surface area contributed by atoms with Gasteiger partial charge < -0.3 is 15.5 Å². The molecule has 0 spiro atoms. The Morgan fingerprint density at radius 3 is 3.00 bits per heavy atom. The molecule has 1 aromatic carbocycles. The topological polar surface area (TPSA) is 94.0 Å². The van der Waals surface area contributed by atoms with E-state index < -0.39 is 0 Å². The molecule has 0 aliphatic heterocycles. The minimum atomic E-state index is -0.322. The second kappa shape index (κ2) is 6.74. The van der Waals surface area contributed by atoms with Gasteiger partial charge in [0.15, 0.2) is 0 Å². The van der Waals surface area contributed by atoms with Gasteiger partial charge in [-0.3, -0.25) is 4.79 Å². The quantitative estimate of drug-likeness (QED) is 0.824. The van der Waals surface area contributed by atoms with Crippen LogP contribution >= 0.6 is 23.4 Å². The minimum Gasteiger partial charge on any atom is -0.414 e. The lowest BCUT2D eigenvalue weighted by Gasteiger charge is -2.03. The van der Waals surface area contributed by atoms with Crippen molar-refractivity contribution in [2.24, 2.45) is 5.73 Å². The van der Waals surface area contributed by atoms with Crippen LogP contribution in [0, 0.1) is 0 Å². The second-order valence-electron chi connectivity index (χ2n) is 4.04. The average Bonchev–Trinajstić information content (AvgIpc) is 2.85. The molecule has 0 fully saturated rings. The van der Waals surface area contributed by atoms with Crippen molar-refractivity contribution in [2.45, 2.75) is 18.2 Å². The molecule has 1 atom stereocenters. The molecule has 0 saturated carbocycles. The summed E-state index contributed by atoms with van der Waals surface area (Å²) in [5.74, 6) is 0.327. The van der Waals surface area contributed by atoms with Gasteiger partial charge in [-0.05, 0) is 25.1 Å². The number of hydrogen-bond donors (Lipinski definition) is 2. The van der Waals surface area contributed by atoms with Crippen LogP contribution in [0.5, 0.6) is 0 Å². The lowest BCUT2D eigenvalue weighted by Crippen LogP contribution is -2.13. The maximum Gasteiger partial charge on any atom is 0.277 e. The Kier molecular flexibility index (Phi) is 4.99. The standard InChI is InChI=1S/C12H13ClN4O2S/c1-7(14)11-16-17-12(19-11)20-6-10(18)15-9-4-2-3-8(13)5-9/h2-5,7H,6,14H2,1H3,(H,15,18)/t7-/m0/s1. The number of nitrogens with two attached hydrogens (primary N) is 1. The summed E-state index contributed by atoms with van der Waals surface area (Å²) in [6.45, 7) is 1.74. The molecule has 1 amide bonds. The van der Waals surface area contributed by atoms with Crippen molar-refractivity contribution < 1.29 is 9.21 Å². The number of amides is 1. The zero-order valence-corrected chi connectivity index (χ0v) is 12.2. The van der Waals surface area contributed by atoms with Gasteiger partial charge in [-0.25, -0.2) is 0 Å². The number of anilines is 1. The SMILES string of the molecule is C[C@H](N)c1nnc(SCC(=O)Nc2cccc(Cl)c2)o1. The van der Waals surface area contributed by atoms with Crippen molar-refractivity contribution in [3.63, 3.8) is 0 Å². The Labute approximate surface area is 125 Å². The smallest absolute Gasteiger partial charge is 0.277 e. The first-order valence-corrected chi connectivity index (χ1v) is 7.18. The first-order chi connectivity index (χ1) is 9.54. The number of carbonyl (C=O) groups is 1. The Hall–Kier alpha value is -1.57. The van der Waals surface area contributed by atoms with Crippen molar-refractivity contribution in [1.29, 1.82) is 0 Å². The molecule has 0 bridgehead atoms. The monoisotopic (exact) mass is 312 g/mol. The number of hydrogen-bond acceptors (Lipinski definition) is 6. The summed E-state index contributed by atoms with van der Waals surface area (Å²) in [6, 6.07) is 6.61. The first-order valence-electron chi connectivity index (χ1n) is 5.82. The van der Waals surface area contributed by atoms with Gasteiger partial charge in [-0.15, -0.1) is 10.2 Å². The highest BCUT2D eigenvalue weighted by Crippen LogP contribution is 2.19. The number of halogens is 1. The molecule has 0 saturated heterocycles. The van der Waals surface area contributed by atoms with Crippen LogP contribution in [0.3, 0.4) is 0 Å². The molecule has 0 unspecified atom stereocenters. The number of thioether (sulfide) groups is 1. The number of aromatic nitrogens is 2. The molecule has 2 rings (SSSR count). The molecule has 106 valence electrons. The van der Waals surface area contributed by atoms with E-state index in [9.17, 15) is 4.79 Å². The summed E-state index contributed by atoms with van der Waals surface area (Å²) >= 11 is 6.98. The number of carbonyl (C=O) groups excluding carboxylic acids is 1. The van der Waals surface area contributed by atoms with Gasteiger partial charge in [0, 0.05) is 10.7 Å². The van der Waals surface area contributed by atoms with Crippen LogP contribution in [-0.4, -0.2) is 21.9 Å². The molecule has 1 heterocycles. The normalized spacial score (nSPS) is 12.2. The predicted molar refractivity (Wildman–Crippen MR) is 77.7 cm³/mol. The van der Waals surface area contributed by atoms with E-state index in [1.165, 1.54) is 0 Å². The zero-order chi connectivity index (χ0) is 14.5. The van der Waals surface area contributed by atoms with Gasteiger partial charge in [0.05, 0.1) is 11.8 Å². The zero-order valence-electron chi connectivity index (χ0n) is 10.7. The fourth-order valence-electron chi connectivity index (χ4n) is 1.35. The van der Waals surface area contributed by atoms with E-state index >= 15 is 0 Å². The average molecular weight is 313 g/mol. The number of benzene rings is 1. The molecule has 0 aliphatic rings. The van der Waals surface area contributed by atoms with Gasteiger partial charge in [-0.1, -0.05) is 29.4 Å². The largest absolute Gasteiger partial charge is 0.414 e. The predicted octanol–water partition coefficient (Wildman–Crippen LogP) is 2.47. The van der Waals surface area contributed by atoms with E-state index in [1.807, 2.05) is 0 Å². The van der Waals surface area contributed by atoms with E-state index in [2.05, 4.69) is 15.5 Å². The van der Waals surface area contributed by atoms with Gasteiger partial charge >= 0.3 is 0 Å². The van der Waals surface area contributed by atoms with Crippen LogP contribution in [0.1, 0.15) is 18.9 Å². The van der Waals surface area contributed by atoms with Crippen LogP contribution in [0.4, 0.5) is 5.69 Å². The molecule has 0 radical (unpaired) electrons. The highest BCUT2D eigenvalue weighted by atomic mass is 35.5. The minimum absolute atomic E-state index is 0.160. The molecule has 20 heavy (non-hydrogen) atoms. The van der Waals surface area contributed by atoms with Crippen LogP contribution in [0.2, 0.25) is 5.02 Å². The lowest BCUT2D eigenvalue weighted by atomic mass is 10.3. The summed E-state index contributed by atoms with van der Waals surface area (Å²) in [5, 5.41) is 11.2. The van der Waals surface area contributed by atoms with E-state index in [0.717, 1.165) is 11.8 Å². The van der Waals surface area contributed by atoms with Gasteiger partial charge in [0.2, 0.25) is 11.8 Å². The van der Waals surface area contributed by atoms with E-state index in [-0.39, 0.29) is 17.7 Å². The molecule has 1 aromatic heterocycles. The molecule has 6 nitrogen and oxygen atoms in total. The van der Waals surface area contributed by atoms with Crippen molar-refractivity contribution in [2.75, 3.05) is 11.1 Å². The van der Waals surface area contributed by atoms with Crippen molar-refractivity contribution in [3.05, 3.63) is 35.2 Å². The summed E-state index contributed by atoms with van der Waals surface area (Å²) in [7, 11) is 0. The van der Waals surface area contributed by atoms with E-state index in [4.69, 9.17) is 21.8 Å². The Morgan fingerprint density at radius 1 is 1.55 bits per heavy atom. The van der Waals surface area contributed by atoms with Gasteiger partial charge in [-0.2, -0.15) is 0 Å². The van der Waals surface area contributed by atoms with Crippen molar-refractivity contribution in [3.8, 4) is 0 Å². The maximum absolute atomic E-state index is 11.7.